The summed E-state index contributed by atoms with van der Waals surface area (Å²) < 4.78 is 51.9. The lowest BCUT2D eigenvalue weighted by Crippen LogP contribution is -2.46. The summed E-state index contributed by atoms with van der Waals surface area (Å²) in [4.78, 5) is 39.8. The number of alkyl halides is 3. The summed E-state index contributed by atoms with van der Waals surface area (Å²) in [6, 6.07) is 7.59. The lowest BCUT2D eigenvalue weighted by molar-refractivity contribution is -0.137. The van der Waals surface area contributed by atoms with E-state index in [0.717, 1.165) is 12.1 Å². The number of rotatable bonds is 6. The predicted octanol–water partition coefficient (Wildman–Crippen LogP) is 4.21. The number of fused-ring (bicyclic) bond motifs is 1. The second kappa shape index (κ2) is 11.1. The van der Waals surface area contributed by atoms with E-state index in [-0.39, 0.29) is 29.5 Å². The highest BCUT2D eigenvalue weighted by Crippen LogP contribution is 2.36. The van der Waals surface area contributed by atoms with Crippen LogP contribution in [0.25, 0.3) is 0 Å². The van der Waals surface area contributed by atoms with Crippen molar-refractivity contribution in [3.8, 4) is 5.75 Å². The van der Waals surface area contributed by atoms with Crippen molar-refractivity contribution in [1.29, 1.82) is 0 Å². The highest BCUT2D eigenvalue weighted by atomic mass is 19.4. The molecule has 2 N–H and O–H groups in total. The van der Waals surface area contributed by atoms with Crippen LogP contribution in [0.3, 0.4) is 0 Å². The Labute approximate surface area is 233 Å². The fourth-order valence-corrected chi connectivity index (χ4v) is 4.67. The number of nitrogens with zero attached hydrogens (tertiary/aromatic N) is 5. The van der Waals surface area contributed by atoms with E-state index in [4.69, 9.17) is 9.47 Å². The fraction of sp³-hybridized carbons (Fsp3) is 0.333. The Morgan fingerprint density at radius 1 is 1.07 bits per heavy atom. The highest BCUT2D eigenvalue weighted by molar-refractivity contribution is 6.07. The molecular weight excluding hydrogens is 543 g/mol. The molecule has 41 heavy (non-hydrogen) atoms. The molecule has 0 radical (unpaired) electrons. The molecule has 2 aromatic carbocycles. The zero-order chi connectivity index (χ0) is 29.3. The van der Waals surface area contributed by atoms with E-state index < -0.39 is 17.6 Å². The summed E-state index contributed by atoms with van der Waals surface area (Å²) >= 11 is 0. The van der Waals surface area contributed by atoms with Crippen molar-refractivity contribution in [2.45, 2.75) is 12.7 Å². The van der Waals surface area contributed by atoms with Crippen LogP contribution in [-0.2, 0) is 17.5 Å². The van der Waals surface area contributed by atoms with E-state index in [9.17, 15) is 22.8 Å². The average Bonchev–Trinajstić information content (AvgIpc) is 2.98. The second-order valence-electron chi connectivity index (χ2n) is 9.46. The maximum Gasteiger partial charge on any atom is 0.416 e. The summed E-state index contributed by atoms with van der Waals surface area (Å²) in [5, 5.41) is 5.51. The number of carbonyl (C=O) groups is 2. The van der Waals surface area contributed by atoms with Crippen molar-refractivity contribution in [2.75, 3.05) is 72.8 Å². The molecule has 0 bridgehead atoms. The molecular formula is C27H28F3N7O4. The van der Waals surface area contributed by atoms with E-state index >= 15 is 0 Å². The number of benzene rings is 2. The highest BCUT2D eigenvalue weighted by Gasteiger charge is 2.33. The summed E-state index contributed by atoms with van der Waals surface area (Å²) in [5.74, 6) is 0.418. The maximum absolute atomic E-state index is 13.7. The van der Waals surface area contributed by atoms with Gasteiger partial charge >= 0.3 is 12.2 Å². The molecule has 1 aromatic heterocycles. The van der Waals surface area contributed by atoms with Crippen LogP contribution in [0.5, 0.6) is 5.75 Å². The van der Waals surface area contributed by atoms with Gasteiger partial charge in [0.25, 0.3) is 5.91 Å². The summed E-state index contributed by atoms with van der Waals surface area (Å²) in [6.45, 7) is 1.72. The minimum Gasteiger partial charge on any atom is -0.497 e. The smallest absolute Gasteiger partial charge is 0.416 e. The lowest BCUT2D eigenvalue weighted by atomic mass is 10.1. The van der Waals surface area contributed by atoms with Gasteiger partial charge in [0, 0.05) is 68.0 Å². The van der Waals surface area contributed by atoms with Crippen LogP contribution in [0, 0.1) is 0 Å². The van der Waals surface area contributed by atoms with Crippen molar-refractivity contribution in [2.24, 2.45) is 0 Å². The normalized spacial score (nSPS) is 15.5. The summed E-state index contributed by atoms with van der Waals surface area (Å²) in [6.07, 6.45) is -3.03. The molecule has 2 aliphatic rings. The fourth-order valence-electron chi connectivity index (χ4n) is 4.67. The van der Waals surface area contributed by atoms with Gasteiger partial charge in [0.1, 0.15) is 11.6 Å². The van der Waals surface area contributed by atoms with Gasteiger partial charge in [-0.3, -0.25) is 14.6 Å². The lowest BCUT2D eigenvalue weighted by Gasteiger charge is -2.34. The number of halogens is 3. The molecule has 0 unspecified atom stereocenters. The zero-order valence-electron chi connectivity index (χ0n) is 22.6. The number of morpholine rings is 1. The number of ether oxygens (including phenoxy) is 2. The molecule has 11 nitrogen and oxygen atoms in total. The molecule has 0 saturated carbocycles. The molecule has 1 saturated heterocycles. The molecule has 3 amide bonds. The molecule has 2 aliphatic heterocycles. The third kappa shape index (κ3) is 5.82. The Morgan fingerprint density at radius 3 is 2.51 bits per heavy atom. The van der Waals surface area contributed by atoms with Gasteiger partial charge in [-0.25, -0.2) is 9.78 Å². The van der Waals surface area contributed by atoms with Crippen molar-refractivity contribution < 1.29 is 32.2 Å². The standard InChI is InChI=1S/C27H28F3N7O4/c1-31-25-32-14-17-15-37(26(39)35(2)23(17)34-25)21-11-19(12-22(13-21)40-3)33-24(38)16-8-18(27(28,29)30)10-20(9-16)36-4-6-41-7-5-36/h8-14H,4-7,15H2,1-3H3,(H,33,38)(H,31,32,34). The Morgan fingerprint density at radius 2 is 1.83 bits per heavy atom. The van der Waals surface area contributed by atoms with Gasteiger partial charge in [0.2, 0.25) is 5.95 Å². The van der Waals surface area contributed by atoms with E-state index in [2.05, 4.69) is 20.6 Å². The number of hydrogen-bond donors (Lipinski definition) is 2. The van der Waals surface area contributed by atoms with Crippen LogP contribution >= 0.6 is 0 Å². The van der Waals surface area contributed by atoms with Crippen LogP contribution < -0.4 is 30.1 Å². The minimum atomic E-state index is -4.64. The van der Waals surface area contributed by atoms with E-state index in [1.165, 1.54) is 29.0 Å². The number of nitrogens with one attached hydrogen (secondary N) is 2. The van der Waals surface area contributed by atoms with Gasteiger partial charge in [-0.2, -0.15) is 18.2 Å². The number of anilines is 5. The monoisotopic (exact) mass is 571 g/mol. The Balaban J connectivity index is 1.45. The van der Waals surface area contributed by atoms with Gasteiger partial charge in [-0.15, -0.1) is 0 Å². The summed E-state index contributed by atoms with van der Waals surface area (Å²) in [5.41, 5.74) is 0.520. The predicted molar refractivity (Wildman–Crippen MR) is 147 cm³/mol. The Kier molecular flexibility index (Phi) is 7.58. The van der Waals surface area contributed by atoms with Crippen molar-refractivity contribution in [3.63, 3.8) is 0 Å². The first-order valence-electron chi connectivity index (χ1n) is 12.7. The average molecular weight is 572 g/mol. The van der Waals surface area contributed by atoms with Gasteiger partial charge in [0.15, 0.2) is 0 Å². The number of methoxy groups -OCH3 is 1. The van der Waals surface area contributed by atoms with E-state index in [1.54, 1.807) is 37.3 Å². The number of hydrogen-bond acceptors (Lipinski definition) is 8. The van der Waals surface area contributed by atoms with Crippen molar-refractivity contribution >= 4 is 40.8 Å². The Hall–Kier alpha value is -4.59. The first-order valence-corrected chi connectivity index (χ1v) is 12.7. The molecule has 5 rings (SSSR count). The topological polar surface area (TPSA) is 112 Å². The molecule has 3 aromatic rings. The third-order valence-corrected chi connectivity index (χ3v) is 6.81. The number of carbonyl (C=O) groups excluding carboxylic acids is 2. The van der Waals surface area contributed by atoms with Crippen LogP contribution in [0.15, 0.2) is 42.6 Å². The number of urea groups is 1. The quantitative estimate of drug-likeness (QED) is 0.453. The molecule has 1 fully saturated rings. The molecule has 14 heteroatoms. The minimum absolute atomic E-state index is 0.152. The van der Waals surface area contributed by atoms with Gasteiger partial charge < -0.3 is 25.0 Å². The van der Waals surface area contributed by atoms with E-state index in [0.29, 0.717) is 55.1 Å². The maximum atomic E-state index is 13.7. The second-order valence-corrected chi connectivity index (χ2v) is 9.46. The van der Waals surface area contributed by atoms with Gasteiger partial charge in [-0.1, -0.05) is 0 Å². The molecule has 0 atom stereocenters. The SMILES string of the molecule is CNc1ncc2c(n1)N(C)C(=O)N(c1cc(NC(=O)c3cc(N4CCOCC4)cc(C(F)(F)F)c3)cc(OC)c1)C2. The zero-order valence-corrected chi connectivity index (χ0v) is 22.6. The van der Waals surface area contributed by atoms with Crippen LogP contribution in [0.1, 0.15) is 21.5 Å². The van der Waals surface area contributed by atoms with E-state index in [1.807, 2.05) is 0 Å². The first-order chi connectivity index (χ1) is 19.6. The van der Waals surface area contributed by atoms with Crippen LogP contribution in [-0.4, -0.2) is 69.4 Å². The molecule has 216 valence electrons. The van der Waals surface area contributed by atoms with Gasteiger partial charge in [-0.05, 0) is 24.3 Å². The van der Waals surface area contributed by atoms with Crippen LogP contribution in [0.4, 0.5) is 46.8 Å². The largest absolute Gasteiger partial charge is 0.497 e. The molecule has 0 aliphatic carbocycles. The number of aromatic nitrogens is 2. The molecule has 3 heterocycles. The van der Waals surface area contributed by atoms with Crippen LogP contribution in [0.2, 0.25) is 0 Å². The van der Waals surface area contributed by atoms with Crippen molar-refractivity contribution in [1.82, 2.24) is 9.97 Å². The third-order valence-electron chi connectivity index (χ3n) is 6.81. The molecule has 0 spiro atoms. The number of amides is 3. The summed E-state index contributed by atoms with van der Waals surface area (Å²) in [7, 11) is 4.69. The van der Waals surface area contributed by atoms with Gasteiger partial charge in [0.05, 0.1) is 38.1 Å². The first kappa shape index (κ1) is 28.0. The van der Waals surface area contributed by atoms with Crippen molar-refractivity contribution in [3.05, 3.63) is 59.3 Å². The Bertz CT molecular complexity index is 1480.